The molecule has 1 atom stereocenters. The number of rotatable bonds is 5. The van der Waals surface area contributed by atoms with Gasteiger partial charge >= 0.3 is 5.97 Å². The average Bonchev–Trinajstić information content (AvgIpc) is 2.74. The van der Waals surface area contributed by atoms with Gasteiger partial charge in [0, 0.05) is 0 Å². The van der Waals surface area contributed by atoms with Gasteiger partial charge in [-0.05, 0) is 50.4 Å². The lowest BCUT2D eigenvalue weighted by molar-refractivity contribution is -0.138. The van der Waals surface area contributed by atoms with Gasteiger partial charge in [0.2, 0.25) is 10.0 Å². The molecule has 0 heterocycles. The van der Waals surface area contributed by atoms with Gasteiger partial charge in [-0.3, -0.25) is 4.79 Å². The molecular weight excluding hydrogens is 242 g/mol. The van der Waals surface area contributed by atoms with Crippen LogP contribution in [0.3, 0.4) is 0 Å². The van der Waals surface area contributed by atoms with Crippen molar-refractivity contribution in [3.8, 4) is 0 Å². The average molecular weight is 261 g/mol. The van der Waals surface area contributed by atoms with Crippen LogP contribution in [0.15, 0.2) is 0 Å². The molecule has 98 valence electrons. The Kier molecular flexibility index (Phi) is 3.20. The topological polar surface area (TPSA) is 83.5 Å². The Balaban J connectivity index is 2.00. The fourth-order valence-electron chi connectivity index (χ4n) is 3.28. The number of sulfonamides is 1. The van der Waals surface area contributed by atoms with E-state index in [0.717, 1.165) is 32.1 Å². The van der Waals surface area contributed by atoms with Crippen LogP contribution in [-0.4, -0.2) is 31.3 Å². The van der Waals surface area contributed by atoms with E-state index in [1.807, 2.05) is 0 Å². The van der Waals surface area contributed by atoms with Gasteiger partial charge in [0.25, 0.3) is 0 Å². The summed E-state index contributed by atoms with van der Waals surface area (Å²) in [6.07, 6.45) is 5.20. The second-order valence-corrected chi connectivity index (χ2v) is 7.34. The minimum atomic E-state index is -3.48. The van der Waals surface area contributed by atoms with Gasteiger partial charge in [-0.1, -0.05) is 0 Å². The molecule has 2 aliphatic carbocycles. The highest BCUT2D eigenvalue weighted by atomic mass is 32.2. The largest absolute Gasteiger partial charge is 0.480 e. The van der Waals surface area contributed by atoms with Gasteiger partial charge in [-0.2, -0.15) is 0 Å². The molecule has 0 radical (unpaired) electrons. The Morgan fingerprint density at radius 3 is 2.47 bits per heavy atom. The van der Waals surface area contributed by atoms with Gasteiger partial charge in [0.05, 0.1) is 5.75 Å². The maximum Gasteiger partial charge on any atom is 0.321 e. The second kappa shape index (κ2) is 4.24. The van der Waals surface area contributed by atoms with Crippen molar-refractivity contribution in [2.75, 3.05) is 5.75 Å². The number of fused-ring (bicyclic) bond motifs is 2. The van der Waals surface area contributed by atoms with E-state index in [1.165, 1.54) is 6.92 Å². The van der Waals surface area contributed by atoms with Crippen LogP contribution in [0, 0.1) is 11.3 Å². The Morgan fingerprint density at radius 1 is 1.47 bits per heavy atom. The second-order valence-electron chi connectivity index (χ2n) is 5.58. The molecule has 0 unspecified atom stereocenters. The first-order valence-electron chi connectivity index (χ1n) is 6.05. The molecule has 0 saturated heterocycles. The highest BCUT2D eigenvalue weighted by Crippen LogP contribution is 2.54. The molecule has 2 aliphatic rings. The summed E-state index contributed by atoms with van der Waals surface area (Å²) < 4.78 is 26.1. The normalized spacial score (nSPS) is 33.8. The minimum Gasteiger partial charge on any atom is -0.480 e. The smallest absolute Gasteiger partial charge is 0.321 e. The molecule has 2 rings (SSSR count). The standard InChI is InChI=1S/C11H19NO4S/c1-8(10(13)14)12-17(15,16)7-11-4-2-9(6-11)3-5-11/h8-9,12H,2-7H2,1H3,(H,13,14)/t8-,9?,11?/m1/s1. The number of carboxylic acids is 1. The summed E-state index contributed by atoms with van der Waals surface area (Å²) in [6, 6.07) is -1.05. The predicted molar refractivity (Wildman–Crippen MR) is 63.0 cm³/mol. The number of hydrogen-bond donors (Lipinski definition) is 2. The van der Waals surface area contributed by atoms with Crippen molar-refractivity contribution >= 4 is 16.0 Å². The van der Waals surface area contributed by atoms with E-state index in [0.29, 0.717) is 5.92 Å². The van der Waals surface area contributed by atoms with E-state index in [2.05, 4.69) is 4.72 Å². The summed E-state index contributed by atoms with van der Waals surface area (Å²) in [7, 11) is -3.48. The van der Waals surface area contributed by atoms with Crippen LogP contribution in [0.1, 0.15) is 39.0 Å². The van der Waals surface area contributed by atoms with E-state index in [4.69, 9.17) is 5.11 Å². The first-order chi connectivity index (χ1) is 7.82. The molecule has 5 nitrogen and oxygen atoms in total. The highest BCUT2D eigenvalue weighted by molar-refractivity contribution is 7.89. The van der Waals surface area contributed by atoms with Crippen molar-refractivity contribution in [3.05, 3.63) is 0 Å². The fourth-order valence-corrected chi connectivity index (χ4v) is 5.21. The third kappa shape index (κ3) is 2.80. The molecule has 0 aromatic rings. The zero-order valence-corrected chi connectivity index (χ0v) is 10.8. The maximum atomic E-state index is 11.9. The lowest BCUT2D eigenvalue weighted by Gasteiger charge is -2.26. The lowest BCUT2D eigenvalue weighted by atomic mass is 9.87. The monoisotopic (exact) mass is 261 g/mol. The van der Waals surface area contributed by atoms with E-state index in [1.54, 1.807) is 0 Å². The summed E-state index contributed by atoms with van der Waals surface area (Å²) in [6.45, 7) is 1.35. The Labute approximate surface area is 102 Å². The molecule has 2 N–H and O–H groups in total. The van der Waals surface area contributed by atoms with Gasteiger partial charge < -0.3 is 5.11 Å². The first-order valence-corrected chi connectivity index (χ1v) is 7.70. The molecule has 2 fully saturated rings. The number of carbonyl (C=O) groups is 1. The summed E-state index contributed by atoms with van der Waals surface area (Å²) in [5, 5.41) is 8.71. The van der Waals surface area contributed by atoms with Crippen molar-refractivity contribution in [1.82, 2.24) is 4.72 Å². The van der Waals surface area contributed by atoms with Crippen LogP contribution >= 0.6 is 0 Å². The fraction of sp³-hybridized carbons (Fsp3) is 0.909. The summed E-state index contributed by atoms with van der Waals surface area (Å²) in [5.74, 6) is -0.349. The van der Waals surface area contributed by atoms with E-state index < -0.39 is 22.0 Å². The van der Waals surface area contributed by atoms with E-state index >= 15 is 0 Å². The van der Waals surface area contributed by atoms with Gasteiger partial charge in [-0.15, -0.1) is 0 Å². The van der Waals surface area contributed by atoms with Crippen LogP contribution in [0.5, 0.6) is 0 Å². The molecule has 2 saturated carbocycles. The lowest BCUT2D eigenvalue weighted by Crippen LogP contribution is -2.42. The number of hydrogen-bond acceptors (Lipinski definition) is 3. The Bertz CT molecular complexity index is 409. The summed E-state index contributed by atoms with van der Waals surface area (Å²) in [5.41, 5.74) is -0.0747. The maximum absolute atomic E-state index is 11.9. The van der Waals surface area contributed by atoms with Crippen molar-refractivity contribution in [3.63, 3.8) is 0 Å². The van der Waals surface area contributed by atoms with Gasteiger partial charge in [-0.25, -0.2) is 13.1 Å². The first kappa shape index (κ1) is 12.8. The predicted octanol–water partition coefficient (Wildman–Crippen LogP) is 0.959. The zero-order chi connectivity index (χ0) is 12.7. The molecule has 0 amide bonds. The van der Waals surface area contributed by atoms with E-state index in [9.17, 15) is 13.2 Å². The number of carboxylic acid groups (broad SMARTS) is 1. The summed E-state index contributed by atoms with van der Waals surface area (Å²) in [4.78, 5) is 10.6. The molecular formula is C11H19NO4S. The van der Waals surface area contributed by atoms with Gasteiger partial charge in [0.15, 0.2) is 0 Å². The highest BCUT2D eigenvalue weighted by Gasteiger charge is 2.47. The van der Waals surface area contributed by atoms with Crippen molar-refractivity contribution in [2.24, 2.45) is 11.3 Å². The molecule has 0 aliphatic heterocycles. The molecule has 0 aromatic heterocycles. The third-order valence-electron chi connectivity index (χ3n) is 4.11. The third-order valence-corrected chi connectivity index (χ3v) is 5.82. The van der Waals surface area contributed by atoms with Crippen LogP contribution in [-0.2, 0) is 14.8 Å². The molecule has 0 spiro atoms. The van der Waals surface area contributed by atoms with Crippen LogP contribution in [0.4, 0.5) is 0 Å². The van der Waals surface area contributed by atoms with Gasteiger partial charge in [0.1, 0.15) is 6.04 Å². The van der Waals surface area contributed by atoms with Crippen LogP contribution in [0.25, 0.3) is 0 Å². The van der Waals surface area contributed by atoms with Crippen molar-refractivity contribution < 1.29 is 18.3 Å². The number of nitrogens with one attached hydrogen (secondary N) is 1. The van der Waals surface area contributed by atoms with E-state index in [-0.39, 0.29) is 11.2 Å². The number of aliphatic carboxylic acids is 1. The molecule has 17 heavy (non-hydrogen) atoms. The zero-order valence-electron chi connectivity index (χ0n) is 9.98. The Hall–Kier alpha value is -0.620. The SMILES string of the molecule is C[C@@H](NS(=O)(=O)CC12CCC(CC1)C2)C(=O)O. The van der Waals surface area contributed by atoms with Crippen molar-refractivity contribution in [2.45, 2.75) is 45.1 Å². The molecule has 2 bridgehead atoms. The van der Waals surface area contributed by atoms with Crippen molar-refractivity contribution in [1.29, 1.82) is 0 Å². The molecule has 0 aromatic carbocycles. The minimum absolute atomic E-state index is 0.0747. The van der Waals surface area contributed by atoms with Crippen LogP contribution in [0.2, 0.25) is 0 Å². The van der Waals surface area contributed by atoms with Crippen LogP contribution < -0.4 is 4.72 Å². The Morgan fingerprint density at radius 2 is 2.06 bits per heavy atom. The quantitative estimate of drug-likeness (QED) is 0.772. The molecule has 6 heteroatoms. The summed E-state index contributed by atoms with van der Waals surface area (Å²) >= 11 is 0.